The van der Waals surface area contributed by atoms with Crippen molar-refractivity contribution < 1.29 is 14.4 Å². The van der Waals surface area contributed by atoms with Gasteiger partial charge in [0.2, 0.25) is 5.91 Å². The third kappa shape index (κ3) is 4.51. The predicted molar refractivity (Wildman–Crippen MR) is 138 cm³/mol. The largest absolute Gasteiger partial charge is 0.325 e. The maximum absolute atomic E-state index is 13.2. The number of hydrogen-bond donors (Lipinski definition) is 2. The number of aromatic nitrogens is 2. The van der Waals surface area contributed by atoms with Crippen molar-refractivity contribution in [1.29, 1.82) is 0 Å². The topological polar surface area (TPSA) is 96.3 Å². The van der Waals surface area contributed by atoms with Crippen molar-refractivity contribution in [3.8, 4) is 16.9 Å². The molecule has 1 spiro atoms. The molecule has 0 bridgehead atoms. The van der Waals surface area contributed by atoms with Gasteiger partial charge in [-0.05, 0) is 50.5 Å². The molecule has 5 rings (SSSR count). The van der Waals surface area contributed by atoms with Crippen molar-refractivity contribution >= 4 is 23.7 Å². The van der Waals surface area contributed by atoms with Crippen LogP contribution in [0.5, 0.6) is 0 Å². The quantitative estimate of drug-likeness (QED) is 0.510. The van der Waals surface area contributed by atoms with Crippen molar-refractivity contribution in [3.05, 3.63) is 65.7 Å². The Balaban J connectivity index is 1.41. The number of benzene rings is 2. The molecule has 2 fully saturated rings. The Hall–Kier alpha value is -3.94. The van der Waals surface area contributed by atoms with E-state index in [0.717, 1.165) is 58.7 Å². The lowest BCUT2D eigenvalue weighted by Crippen LogP contribution is -2.47. The smallest absolute Gasteiger partial charge is 0.323 e. The minimum atomic E-state index is -0.866. The van der Waals surface area contributed by atoms with Gasteiger partial charge >= 0.3 is 6.03 Å². The van der Waals surface area contributed by atoms with Crippen LogP contribution in [0.4, 0.5) is 10.6 Å². The average molecular weight is 486 g/mol. The second-order valence-electron chi connectivity index (χ2n) is 9.85. The number of nitrogens with one attached hydrogen (secondary N) is 2. The van der Waals surface area contributed by atoms with E-state index in [0.29, 0.717) is 18.7 Å². The number of imide groups is 1. The second kappa shape index (κ2) is 9.60. The third-order valence-electron chi connectivity index (χ3n) is 7.15. The van der Waals surface area contributed by atoms with E-state index in [1.54, 1.807) is 4.68 Å². The van der Waals surface area contributed by atoms with Crippen LogP contribution in [0, 0.1) is 13.8 Å². The number of rotatable bonds is 5. The van der Waals surface area contributed by atoms with E-state index in [1.165, 1.54) is 0 Å². The predicted octanol–water partition coefficient (Wildman–Crippen LogP) is 4.74. The number of aryl methyl sites for hydroxylation is 2. The van der Waals surface area contributed by atoms with E-state index in [2.05, 4.69) is 22.8 Å². The molecule has 8 heteroatoms. The van der Waals surface area contributed by atoms with Gasteiger partial charge in [0.1, 0.15) is 17.9 Å². The molecule has 2 aromatic carbocycles. The molecule has 1 aromatic heterocycles. The van der Waals surface area contributed by atoms with Crippen LogP contribution in [0.2, 0.25) is 0 Å². The number of carbonyl (C=O) groups is 3. The van der Waals surface area contributed by atoms with Crippen molar-refractivity contribution in [2.45, 2.75) is 57.9 Å². The van der Waals surface area contributed by atoms with E-state index >= 15 is 0 Å². The maximum Gasteiger partial charge on any atom is 0.325 e. The Morgan fingerprint density at radius 2 is 1.72 bits per heavy atom. The monoisotopic (exact) mass is 485 g/mol. The SMILES string of the molecule is Cc1ccc(C)c(-c2cc(NC(=O)CN3C(=O)NC4(CCCCCC4)C3=O)n(-c3ccccc3)n2)c1. The molecular weight excluding hydrogens is 454 g/mol. The summed E-state index contributed by atoms with van der Waals surface area (Å²) in [5.41, 5.74) is 3.81. The fourth-order valence-corrected chi connectivity index (χ4v) is 5.20. The van der Waals surface area contributed by atoms with Crippen LogP contribution < -0.4 is 10.6 Å². The number of nitrogens with zero attached hydrogens (tertiary/aromatic N) is 3. The van der Waals surface area contributed by atoms with Crippen molar-refractivity contribution in [3.63, 3.8) is 0 Å². The van der Waals surface area contributed by atoms with E-state index in [4.69, 9.17) is 5.10 Å². The lowest BCUT2D eigenvalue weighted by Gasteiger charge is -2.24. The molecule has 0 unspecified atom stereocenters. The Morgan fingerprint density at radius 3 is 2.44 bits per heavy atom. The molecule has 1 saturated carbocycles. The fourth-order valence-electron chi connectivity index (χ4n) is 5.20. The van der Waals surface area contributed by atoms with Gasteiger partial charge in [0, 0.05) is 11.6 Å². The van der Waals surface area contributed by atoms with Crippen molar-refractivity contribution in [1.82, 2.24) is 20.0 Å². The zero-order chi connectivity index (χ0) is 25.3. The summed E-state index contributed by atoms with van der Waals surface area (Å²) >= 11 is 0. The fraction of sp³-hybridized carbons (Fsp3) is 0.357. The first-order valence-electron chi connectivity index (χ1n) is 12.5. The van der Waals surface area contributed by atoms with Gasteiger partial charge in [-0.25, -0.2) is 9.48 Å². The number of para-hydroxylation sites is 1. The highest BCUT2D eigenvalue weighted by Crippen LogP contribution is 2.33. The zero-order valence-electron chi connectivity index (χ0n) is 20.7. The summed E-state index contributed by atoms with van der Waals surface area (Å²) in [6.45, 7) is 3.71. The summed E-state index contributed by atoms with van der Waals surface area (Å²) in [5, 5.41) is 10.6. The van der Waals surface area contributed by atoms with Gasteiger partial charge in [-0.3, -0.25) is 14.5 Å². The summed E-state index contributed by atoms with van der Waals surface area (Å²) in [7, 11) is 0. The molecule has 186 valence electrons. The van der Waals surface area contributed by atoms with Gasteiger partial charge < -0.3 is 10.6 Å². The molecule has 8 nitrogen and oxygen atoms in total. The summed E-state index contributed by atoms with van der Waals surface area (Å²) in [5.74, 6) is -0.274. The normalized spacial score (nSPS) is 17.2. The van der Waals surface area contributed by atoms with Gasteiger partial charge in [-0.2, -0.15) is 5.10 Å². The lowest BCUT2D eigenvalue weighted by molar-refractivity contribution is -0.134. The molecule has 1 aliphatic carbocycles. The van der Waals surface area contributed by atoms with Gasteiger partial charge in [-0.15, -0.1) is 0 Å². The number of hydrogen-bond acceptors (Lipinski definition) is 4. The molecule has 0 atom stereocenters. The van der Waals surface area contributed by atoms with E-state index in [-0.39, 0.29) is 12.5 Å². The molecular formula is C28H31N5O3. The number of urea groups is 1. The van der Waals surface area contributed by atoms with Crippen molar-refractivity contribution in [2.24, 2.45) is 0 Å². The van der Waals surface area contributed by atoms with Crippen LogP contribution in [0.25, 0.3) is 16.9 Å². The molecule has 2 N–H and O–H groups in total. The standard InChI is InChI=1S/C28H31N5O3/c1-19-12-13-20(2)22(16-19)23-17-24(33(31-23)21-10-6-5-7-11-21)29-25(34)18-32-26(35)28(30-27(32)36)14-8-3-4-9-15-28/h5-7,10-13,16-17H,3-4,8-9,14-15,18H2,1-2H3,(H,29,34)(H,30,36). The summed E-state index contributed by atoms with van der Waals surface area (Å²) in [4.78, 5) is 40.1. The zero-order valence-corrected chi connectivity index (χ0v) is 20.7. The lowest BCUT2D eigenvalue weighted by atomic mass is 9.90. The van der Waals surface area contributed by atoms with Crippen LogP contribution in [0.15, 0.2) is 54.6 Å². The van der Waals surface area contributed by atoms with Crippen LogP contribution in [0.1, 0.15) is 49.7 Å². The molecule has 1 aliphatic heterocycles. The highest BCUT2D eigenvalue weighted by atomic mass is 16.2. The highest BCUT2D eigenvalue weighted by Gasteiger charge is 2.51. The van der Waals surface area contributed by atoms with Crippen LogP contribution >= 0.6 is 0 Å². The minimum Gasteiger partial charge on any atom is -0.323 e. The first-order chi connectivity index (χ1) is 17.4. The minimum absolute atomic E-state index is 0.294. The molecule has 36 heavy (non-hydrogen) atoms. The second-order valence-corrected chi connectivity index (χ2v) is 9.85. The summed E-state index contributed by atoms with van der Waals surface area (Å²) in [6.07, 6.45) is 5.13. The number of amides is 4. The van der Waals surface area contributed by atoms with E-state index in [9.17, 15) is 14.4 Å². The first-order valence-corrected chi connectivity index (χ1v) is 12.5. The van der Waals surface area contributed by atoms with E-state index < -0.39 is 17.5 Å². The van der Waals surface area contributed by atoms with Gasteiger partial charge in [0.15, 0.2) is 0 Å². The van der Waals surface area contributed by atoms with Gasteiger partial charge in [0.05, 0.1) is 11.4 Å². The molecule has 2 aliphatic rings. The highest BCUT2D eigenvalue weighted by molar-refractivity contribution is 6.10. The maximum atomic E-state index is 13.2. The molecule has 2 heterocycles. The summed E-state index contributed by atoms with van der Waals surface area (Å²) in [6, 6.07) is 17.0. The Bertz CT molecular complexity index is 1310. The number of carbonyl (C=O) groups excluding carboxylic acids is 3. The Labute approximate surface area is 210 Å². The van der Waals surface area contributed by atoms with Gasteiger partial charge in [0.25, 0.3) is 5.91 Å². The molecule has 1 saturated heterocycles. The Kier molecular flexibility index (Phi) is 6.35. The van der Waals surface area contributed by atoms with E-state index in [1.807, 2.05) is 56.3 Å². The molecule has 3 aromatic rings. The van der Waals surface area contributed by atoms with Crippen molar-refractivity contribution in [2.75, 3.05) is 11.9 Å². The van der Waals surface area contributed by atoms with Gasteiger partial charge in [-0.1, -0.05) is 61.6 Å². The molecule has 4 amide bonds. The first kappa shape index (κ1) is 23.8. The van der Waals surface area contributed by atoms with Crippen LogP contribution in [0.3, 0.4) is 0 Å². The van der Waals surface area contributed by atoms with Crippen LogP contribution in [-0.4, -0.2) is 44.6 Å². The van der Waals surface area contributed by atoms with Crippen LogP contribution in [-0.2, 0) is 9.59 Å². The molecule has 0 radical (unpaired) electrons. The number of anilines is 1. The average Bonchev–Trinajstić information content (AvgIpc) is 3.26. The third-order valence-corrected chi connectivity index (χ3v) is 7.15. The Morgan fingerprint density at radius 1 is 1.00 bits per heavy atom. The summed E-state index contributed by atoms with van der Waals surface area (Å²) < 4.78 is 1.67.